The normalized spacial score (nSPS) is 28.1. The van der Waals surface area contributed by atoms with E-state index in [2.05, 4.69) is 17.5 Å². The van der Waals surface area contributed by atoms with E-state index in [1.54, 1.807) is 24.3 Å². The smallest absolute Gasteiger partial charge is 0.291 e. The molecule has 27 heavy (non-hydrogen) atoms. The van der Waals surface area contributed by atoms with Crippen LogP contribution < -0.4 is 10.2 Å². The molecule has 2 heterocycles. The van der Waals surface area contributed by atoms with E-state index in [1.165, 1.54) is 17.2 Å². The van der Waals surface area contributed by atoms with Crippen LogP contribution >= 0.6 is 11.6 Å². The lowest BCUT2D eigenvalue weighted by Gasteiger charge is -2.18. The summed E-state index contributed by atoms with van der Waals surface area (Å²) in [5.41, 5.74) is 0.808. The lowest BCUT2D eigenvalue weighted by molar-refractivity contribution is -0.123. The molecule has 5 rings (SSSR count). The number of nitrogens with zero attached hydrogens (tertiary/aromatic N) is 1. The summed E-state index contributed by atoms with van der Waals surface area (Å²) in [7, 11) is 0. The number of amides is 3. The molecule has 3 aliphatic rings. The number of allylic oxidation sites excluding steroid dienone is 2. The lowest BCUT2D eigenvalue weighted by atomic mass is 9.85. The van der Waals surface area contributed by atoms with Gasteiger partial charge in [-0.1, -0.05) is 23.8 Å². The van der Waals surface area contributed by atoms with Crippen LogP contribution in [-0.4, -0.2) is 17.7 Å². The largest absolute Gasteiger partial charge is 0.459 e. The highest BCUT2D eigenvalue weighted by atomic mass is 35.5. The van der Waals surface area contributed by atoms with E-state index in [1.807, 2.05) is 0 Å². The van der Waals surface area contributed by atoms with Gasteiger partial charge in [-0.25, -0.2) is 4.90 Å². The van der Waals surface area contributed by atoms with Crippen molar-refractivity contribution in [2.45, 2.75) is 6.42 Å². The molecule has 2 bridgehead atoms. The number of anilines is 2. The first-order valence-corrected chi connectivity index (χ1v) is 9.13. The molecule has 1 aromatic heterocycles. The second kappa shape index (κ2) is 5.82. The van der Waals surface area contributed by atoms with Gasteiger partial charge >= 0.3 is 0 Å². The van der Waals surface area contributed by atoms with E-state index in [4.69, 9.17) is 16.0 Å². The van der Waals surface area contributed by atoms with Gasteiger partial charge in [-0.3, -0.25) is 14.4 Å². The van der Waals surface area contributed by atoms with Crippen LogP contribution in [0.2, 0.25) is 5.02 Å². The second-order valence-electron chi connectivity index (χ2n) is 7.11. The van der Waals surface area contributed by atoms with Gasteiger partial charge in [-0.05, 0) is 48.6 Å². The van der Waals surface area contributed by atoms with Gasteiger partial charge in [-0.2, -0.15) is 0 Å². The molecule has 2 aromatic rings. The average Bonchev–Trinajstić information content (AvgIpc) is 3.42. The van der Waals surface area contributed by atoms with Crippen LogP contribution in [0.5, 0.6) is 0 Å². The molecule has 4 atom stereocenters. The van der Waals surface area contributed by atoms with Gasteiger partial charge in [0.25, 0.3) is 5.91 Å². The molecule has 2 aliphatic carbocycles. The molecular formula is C20H15ClN2O4. The Morgan fingerprint density at radius 1 is 1.11 bits per heavy atom. The zero-order chi connectivity index (χ0) is 18.7. The van der Waals surface area contributed by atoms with Crippen LogP contribution in [0.15, 0.2) is 53.2 Å². The van der Waals surface area contributed by atoms with Crippen LogP contribution in [0, 0.1) is 23.7 Å². The summed E-state index contributed by atoms with van der Waals surface area (Å²) in [6.45, 7) is 0. The maximum atomic E-state index is 12.9. The van der Waals surface area contributed by atoms with Crippen molar-refractivity contribution in [1.82, 2.24) is 0 Å². The quantitative estimate of drug-likeness (QED) is 0.651. The molecule has 0 spiro atoms. The average molecular weight is 383 g/mol. The van der Waals surface area contributed by atoms with Crippen molar-refractivity contribution in [2.75, 3.05) is 10.2 Å². The number of halogens is 1. The molecule has 0 radical (unpaired) electrons. The minimum atomic E-state index is -0.430. The van der Waals surface area contributed by atoms with Crippen LogP contribution in [0.1, 0.15) is 17.0 Å². The molecule has 7 heteroatoms. The number of furan rings is 1. The SMILES string of the molecule is O=C(Nc1ccc(N2C(=O)[C@H]3[C@H](C2=O)[C@H]2C=C[C@H]3C2)cc1Cl)c1ccco1. The number of benzene rings is 1. The minimum Gasteiger partial charge on any atom is -0.459 e. The van der Waals surface area contributed by atoms with E-state index in [0.29, 0.717) is 11.4 Å². The zero-order valence-corrected chi connectivity index (χ0v) is 14.8. The van der Waals surface area contributed by atoms with E-state index >= 15 is 0 Å². The first-order valence-electron chi connectivity index (χ1n) is 8.75. The van der Waals surface area contributed by atoms with Crippen molar-refractivity contribution in [1.29, 1.82) is 0 Å². The number of nitrogens with one attached hydrogen (secondary N) is 1. The van der Waals surface area contributed by atoms with Crippen molar-refractivity contribution in [2.24, 2.45) is 23.7 Å². The maximum absolute atomic E-state index is 12.9. The highest BCUT2D eigenvalue weighted by Crippen LogP contribution is 2.53. The van der Waals surface area contributed by atoms with Crippen molar-refractivity contribution in [3.8, 4) is 0 Å². The number of imide groups is 1. The molecule has 1 aromatic carbocycles. The number of carbonyl (C=O) groups excluding carboxylic acids is 3. The van der Waals surface area contributed by atoms with Gasteiger partial charge in [0.05, 0.1) is 34.5 Å². The monoisotopic (exact) mass is 382 g/mol. The fourth-order valence-electron chi connectivity index (χ4n) is 4.49. The summed E-state index contributed by atoms with van der Waals surface area (Å²) in [6, 6.07) is 7.89. The fraction of sp³-hybridized carbons (Fsp3) is 0.250. The summed E-state index contributed by atoms with van der Waals surface area (Å²) in [5, 5.41) is 2.90. The molecule has 1 N–H and O–H groups in total. The predicted octanol–water partition coefficient (Wildman–Crippen LogP) is 3.50. The Morgan fingerprint density at radius 3 is 2.41 bits per heavy atom. The van der Waals surface area contributed by atoms with Gasteiger partial charge < -0.3 is 9.73 Å². The molecular weight excluding hydrogens is 368 g/mol. The Bertz CT molecular complexity index is 967. The summed E-state index contributed by atoms with van der Waals surface area (Å²) < 4.78 is 5.05. The van der Waals surface area contributed by atoms with Crippen LogP contribution in [0.25, 0.3) is 0 Å². The van der Waals surface area contributed by atoms with Crippen LogP contribution in [0.3, 0.4) is 0 Å². The van der Waals surface area contributed by atoms with Gasteiger partial charge in [0, 0.05) is 0 Å². The maximum Gasteiger partial charge on any atom is 0.291 e. The molecule has 1 saturated heterocycles. The number of hydrogen-bond donors (Lipinski definition) is 1. The Balaban J connectivity index is 1.40. The van der Waals surface area contributed by atoms with Crippen molar-refractivity contribution in [3.63, 3.8) is 0 Å². The topological polar surface area (TPSA) is 79.6 Å². The molecule has 0 unspecified atom stereocenters. The van der Waals surface area contributed by atoms with E-state index in [-0.39, 0.29) is 46.3 Å². The molecule has 136 valence electrons. The van der Waals surface area contributed by atoms with Gasteiger partial charge in [0.1, 0.15) is 0 Å². The van der Waals surface area contributed by atoms with Crippen molar-refractivity contribution in [3.05, 3.63) is 59.5 Å². The molecule has 6 nitrogen and oxygen atoms in total. The number of fused-ring (bicyclic) bond motifs is 5. The standard InChI is InChI=1S/C20H15ClN2O4/c21-13-9-12(5-6-14(13)22-18(24)15-2-1-7-27-15)23-19(25)16-10-3-4-11(8-10)17(16)20(23)26/h1-7,9-11,16-17H,8H2,(H,22,24)/t10-,11-,16+,17+/m0/s1. The summed E-state index contributed by atoms with van der Waals surface area (Å²) in [6.07, 6.45) is 6.41. The number of carbonyl (C=O) groups is 3. The number of hydrogen-bond acceptors (Lipinski definition) is 4. The zero-order valence-electron chi connectivity index (χ0n) is 14.1. The van der Waals surface area contributed by atoms with Crippen LogP contribution in [0.4, 0.5) is 11.4 Å². The summed E-state index contributed by atoms with van der Waals surface area (Å²) >= 11 is 6.29. The Kier molecular flexibility index (Phi) is 3.52. The molecule has 1 aliphatic heterocycles. The van der Waals surface area contributed by atoms with E-state index in [0.717, 1.165) is 6.42 Å². The second-order valence-corrected chi connectivity index (χ2v) is 7.51. The van der Waals surface area contributed by atoms with Crippen molar-refractivity contribution < 1.29 is 18.8 Å². The third-order valence-electron chi connectivity index (χ3n) is 5.67. The predicted molar refractivity (Wildman–Crippen MR) is 98.3 cm³/mol. The van der Waals surface area contributed by atoms with Gasteiger partial charge in [0.2, 0.25) is 11.8 Å². The Labute approximate surface area is 159 Å². The summed E-state index contributed by atoms with van der Waals surface area (Å²) in [4.78, 5) is 39.1. The molecule has 1 saturated carbocycles. The number of rotatable bonds is 3. The Morgan fingerprint density at radius 2 is 1.81 bits per heavy atom. The molecule has 2 fully saturated rings. The first-order chi connectivity index (χ1) is 13.0. The van der Waals surface area contributed by atoms with Crippen molar-refractivity contribution >= 4 is 40.7 Å². The van der Waals surface area contributed by atoms with Gasteiger partial charge in [-0.15, -0.1) is 0 Å². The molecule has 3 amide bonds. The minimum absolute atomic E-state index is 0.156. The van der Waals surface area contributed by atoms with E-state index in [9.17, 15) is 14.4 Å². The van der Waals surface area contributed by atoms with E-state index < -0.39 is 5.91 Å². The fourth-order valence-corrected chi connectivity index (χ4v) is 4.71. The Hall–Kier alpha value is -2.86. The lowest BCUT2D eigenvalue weighted by Crippen LogP contribution is -2.32. The third-order valence-corrected chi connectivity index (χ3v) is 5.99. The highest BCUT2D eigenvalue weighted by Gasteiger charge is 2.59. The van der Waals surface area contributed by atoms with Gasteiger partial charge in [0.15, 0.2) is 5.76 Å². The van der Waals surface area contributed by atoms with Crippen LogP contribution in [-0.2, 0) is 9.59 Å². The first kappa shape index (κ1) is 16.3. The summed E-state index contributed by atoms with van der Waals surface area (Å²) in [5.74, 6) is -0.798. The highest BCUT2D eigenvalue weighted by molar-refractivity contribution is 6.34. The third kappa shape index (κ3) is 2.36.